The first-order chi connectivity index (χ1) is 12.7. The van der Waals surface area contributed by atoms with Crippen LogP contribution in [0.25, 0.3) is 0 Å². The van der Waals surface area contributed by atoms with Gasteiger partial charge in [0.05, 0.1) is 6.61 Å². The minimum atomic E-state index is 0.630. The van der Waals surface area contributed by atoms with Crippen molar-refractivity contribution >= 4 is 5.69 Å². The lowest BCUT2D eigenvalue weighted by Gasteiger charge is -2.11. The maximum absolute atomic E-state index is 5.86. The molecule has 0 unspecified atom stereocenters. The van der Waals surface area contributed by atoms with Gasteiger partial charge in [-0.25, -0.2) is 0 Å². The lowest BCUT2D eigenvalue weighted by atomic mass is 10.1. The van der Waals surface area contributed by atoms with Crippen LogP contribution in [0, 0.1) is 13.8 Å². The predicted molar refractivity (Wildman–Crippen MR) is 111 cm³/mol. The number of benzene rings is 2. The van der Waals surface area contributed by atoms with E-state index in [0.717, 1.165) is 36.8 Å². The first-order valence-corrected chi connectivity index (χ1v) is 9.85. The molecule has 2 rings (SSSR count). The topological polar surface area (TPSA) is 30.5 Å². The Morgan fingerprint density at radius 3 is 2.27 bits per heavy atom. The Bertz CT molecular complexity index is 634. The van der Waals surface area contributed by atoms with Crippen molar-refractivity contribution in [2.45, 2.75) is 52.9 Å². The van der Waals surface area contributed by atoms with Crippen LogP contribution in [0.1, 0.15) is 50.2 Å². The van der Waals surface area contributed by atoms with Crippen LogP contribution >= 0.6 is 0 Å². The van der Waals surface area contributed by atoms with Gasteiger partial charge in [0.15, 0.2) is 0 Å². The van der Waals surface area contributed by atoms with Crippen LogP contribution in [-0.2, 0) is 0 Å². The highest BCUT2D eigenvalue weighted by Gasteiger charge is 1.99. The van der Waals surface area contributed by atoms with Crippen LogP contribution in [0.2, 0.25) is 0 Å². The molecule has 0 aliphatic heterocycles. The van der Waals surface area contributed by atoms with Gasteiger partial charge < -0.3 is 14.8 Å². The molecule has 3 heteroatoms. The summed E-state index contributed by atoms with van der Waals surface area (Å²) in [5.41, 5.74) is 3.53. The molecule has 0 atom stereocenters. The third kappa shape index (κ3) is 7.81. The number of nitrogens with one attached hydrogen (secondary N) is 1. The standard InChI is InChI=1S/C23H33NO2/c1-4-5-6-7-8-13-25-22-11-9-10-21(18-22)24-12-14-26-23-16-19(2)15-20(3)17-23/h9-11,15-18,24H,4-8,12-14H2,1-3H3. The number of rotatable bonds is 12. The Kier molecular flexibility index (Phi) is 8.88. The summed E-state index contributed by atoms with van der Waals surface area (Å²) in [6.45, 7) is 8.60. The van der Waals surface area contributed by atoms with Crippen LogP contribution in [0.4, 0.5) is 5.69 Å². The second kappa shape index (κ2) is 11.5. The zero-order valence-electron chi connectivity index (χ0n) is 16.5. The van der Waals surface area contributed by atoms with Gasteiger partial charge in [-0.05, 0) is 55.7 Å². The van der Waals surface area contributed by atoms with Crippen LogP contribution in [0.5, 0.6) is 11.5 Å². The Morgan fingerprint density at radius 1 is 0.769 bits per heavy atom. The van der Waals surface area contributed by atoms with E-state index in [4.69, 9.17) is 9.47 Å². The predicted octanol–water partition coefficient (Wildman–Crippen LogP) is 6.14. The quantitative estimate of drug-likeness (QED) is 0.464. The minimum Gasteiger partial charge on any atom is -0.494 e. The zero-order chi connectivity index (χ0) is 18.6. The van der Waals surface area contributed by atoms with Crippen molar-refractivity contribution in [1.29, 1.82) is 0 Å². The highest BCUT2D eigenvalue weighted by Crippen LogP contribution is 2.18. The molecule has 0 radical (unpaired) electrons. The van der Waals surface area contributed by atoms with E-state index in [-0.39, 0.29) is 0 Å². The molecule has 0 saturated heterocycles. The summed E-state index contributed by atoms with van der Waals surface area (Å²) in [5.74, 6) is 1.87. The average molecular weight is 356 g/mol. The summed E-state index contributed by atoms with van der Waals surface area (Å²) >= 11 is 0. The Labute approximate surface area is 158 Å². The second-order valence-electron chi connectivity index (χ2n) is 6.89. The van der Waals surface area contributed by atoms with Gasteiger partial charge in [0.2, 0.25) is 0 Å². The molecule has 3 nitrogen and oxygen atoms in total. The maximum Gasteiger partial charge on any atom is 0.121 e. The van der Waals surface area contributed by atoms with Crippen molar-refractivity contribution in [2.24, 2.45) is 0 Å². The highest BCUT2D eigenvalue weighted by molar-refractivity contribution is 5.48. The van der Waals surface area contributed by atoms with E-state index in [2.05, 4.69) is 56.4 Å². The van der Waals surface area contributed by atoms with Crippen molar-refractivity contribution in [3.05, 3.63) is 53.6 Å². The largest absolute Gasteiger partial charge is 0.494 e. The van der Waals surface area contributed by atoms with Crippen molar-refractivity contribution in [3.63, 3.8) is 0 Å². The van der Waals surface area contributed by atoms with Crippen molar-refractivity contribution in [1.82, 2.24) is 0 Å². The molecule has 0 aliphatic carbocycles. The lowest BCUT2D eigenvalue weighted by Crippen LogP contribution is -2.11. The van der Waals surface area contributed by atoms with Crippen LogP contribution in [0.15, 0.2) is 42.5 Å². The van der Waals surface area contributed by atoms with E-state index < -0.39 is 0 Å². The van der Waals surface area contributed by atoms with Gasteiger partial charge in [0.1, 0.15) is 18.1 Å². The summed E-state index contributed by atoms with van der Waals surface area (Å²) in [5, 5.41) is 3.40. The van der Waals surface area contributed by atoms with E-state index in [1.807, 2.05) is 12.1 Å². The molecule has 142 valence electrons. The third-order valence-corrected chi connectivity index (χ3v) is 4.25. The minimum absolute atomic E-state index is 0.630. The number of anilines is 1. The SMILES string of the molecule is CCCCCCCOc1cccc(NCCOc2cc(C)cc(C)c2)c1. The summed E-state index contributed by atoms with van der Waals surface area (Å²) in [6, 6.07) is 14.5. The molecule has 0 aliphatic rings. The number of hydrogen-bond donors (Lipinski definition) is 1. The average Bonchev–Trinajstić information content (AvgIpc) is 2.61. The van der Waals surface area contributed by atoms with Gasteiger partial charge in [-0.3, -0.25) is 0 Å². The van der Waals surface area contributed by atoms with Crippen LogP contribution in [0.3, 0.4) is 0 Å². The fourth-order valence-corrected chi connectivity index (χ4v) is 2.97. The highest BCUT2D eigenvalue weighted by atomic mass is 16.5. The second-order valence-corrected chi connectivity index (χ2v) is 6.89. The smallest absolute Gasteiger partial charge is 0.121 e. The summed E-state index contributed by atoms with van der Waals surface area (Å²) in [7, 11) is 0. The first kappa shape index (κ1) is 20.2. The van der Waals surface area contributed by atoms with Crippen molar-refractivity contribution in [2.75, 3.05) is 25.1 Å². The van der Waals surface area contributed by atoms with Gasteiger partial charge in [0, 0.05) is 18.3 Å². The molecule has 2 aromatic rings. The maximum atomic E-state index is 5.86. The van der Waals surface area contributed by atoms with Crippen LogP contribution < -0.4 is 14.8 Å². The van der Waals surface area contributed by atoms with Crippen LogP contribution in [-0.4, -0.2) is 19.8 Å². The van der Waals surface area contributed by atoms with E-state index in [1.165, 1.54) is 36.8 Å². The van der Waals surface area contributed by atoms with E-state index >= 15 is 0 Å². The molecule has 0 spiro atoms. The molecule has 0 fully saturated rings. The molecule has 0 heterocycles. The number of aryl methyl sites for hydroxylation is 2. The van der Waals surface area contributed by atoms with Gasteiger partial charge in [-0.15, -0.1) is 0 Å². The third-order valence-electron chi connectivity index (χ3n) is 4.25. The molecule has 2 aromatic carbocycles. The molecule has 1 N–H and O–H groups in total. The Balaban J connectivity index is 1.67. The molecule has 0 bridgehead atoms. The number of hydrogen-bond acceptors (Lipinski definition) is 3. The van der Waals surface area contributed by atoms with Gasteiger partial charge in [0.25, 0.3) is 0 Å². The Morgan fingerprint density at radius 2 is 1.50 bits per heavy atom. The fourth-order valence-electron chi connectivity index (χ4n) is 2.97. The molecule has 0 amide bonds. The molecular formula is C23H33NO2. The number of ether oxygens (including phenoxy) is 2. The molecule has 0 saturated carbocycles. The van der Waals surface area contributed by atoms with E-state index in [0.29, 0.717) is 6.61 Å². The Hall–Kier alpha value is -2.16. The summed E-state index contributed by atoms with van der Waals surface area (Å²) in [4.78, 5) is 0. The van der Waals surface area contributed by atoms with Gasteiger partial charge in [-0.2, -0.15) is 0 Å². The fraction of sp³-hybridized carbons (Fsp3) is 0.478. The van der Waals surface area contributed by atoms with Crippen molar-refractivity contribution < 1.29 is 9.47 Å². The monoisotopic (exact) mass is 355 g/mol. The summed E-state index contributed by atoms with van der Waals surface area (Å²) < 4.78 is 11.7. The van der Waals surface area contributed by atoms with Gasteiger partial charge >= 0.3 is 0 Å². The lowest BCUT2D eigenvalue weighted by molar-refractivity contribution is 0.304. The first-order valence-electron chi connectivity index (χ1n) is 9.85. The van der Waals surface area contributed by atoms with Crippen molar-refractivity contribution in [3.8, 4) is 11.5 Å². The molecule has 26 heavy (non-hydrogen) atoms. The number of unbranched alkanes of at least 4 members (excludes halogenated alkanes) is 4. The zero-order valence-corrected chi connectivity index (χ0v) is 16.5. The summed E-state index contributed by atoms with van der Waals surface area (Å²) in [6.07, 6.45) is 6.29. The molecular weight excluding hydrogens is 322 g/mol. The van der Waals surface area contributed by atoms with E-state index in [9.17, 15) is 0 Å². The van der Waals surface area contributed by atoms with E-state index in [1.54, 1.807) is 0 Å². The normalized spacial score (nSPS) is 10.6. The van der Waals surface area contributed by atoms with Gasteiger partial charge in [-0.1, -0.05) is 44.7 Å². The molecule has 0 aromatic heterocycles.